The Balaban J connectivity index is 2.71. The van der Waals surface area contributed by atoms with Crippen molar-refractivity contribution in [3.63, 3.8) is 0 Å². The molecule has 0 amide bonds. The summed E-state index contributed by atoms with van der Waals surface area (Å²) in [5, 5.41) is 9.47. The number of rotatable bonds is 4. The van der Waals surface area contributed by atoms with E-state index in [1.54, 1.807) is 6.20 Å². The number of aryl methyl sites for hydroxylation is 2. The number of aromatic nitrogens is 2. The predicted octanol–water partition coefficient (Wildman–Crippen LogP) is 2.05. The van der Waals surface area contributed by atoms with E-state index in [0.717, 1.165) is 16.4 Å². The van der Waals surface area contributed by atoms with Gasteiger partial charge in [-0.15, -0.1) is 11.8 Å². The lowest BCUT2D eigenvalue weighted by Crippen LogP contribution is -2.06. The Morgan fingerprint density at radius 2 is 2.27 bits per heavy atom. The van der Waals surface area contributed by atoms with Crippen molar-refractivity contribution in [3.05, 3.63) is 17.6 Å². The van der Waals surface area contributed by atoms with Crippen LogP contribution in [0.5, 0.6) is 0 Å². The van der Waals surface area contributed by atoms with Crippen molar-refractivity contribution in [3.8, 4) is 0 Å². The Bertz CT molecular complexity index is 368. The van der Waals surface area contributed by atoms with Crippen molar-refractivity contribution in [1.29, 1.82) is 0 Å². The number of hydrogen-bond acceptors (Lipinski definition) is 4. The fourth-order valence-corrected chi connectivity index (χ4v) is 2.13. The van der Waals surface area contributed by atoms with Gasteiger partial charge < -0.3 is 5.11 Å². The molecule has 1 unspecified atom stereocenters. The third-order valence-electron chi connectivity index (χ3n) is 1.81. The van der Waals surface area contributed by atoms with E-state index in [9.17, 15) is 4.79 Å². The largest absolute Gasteiger partial charge is 0.481 e. The maximum atomic E-state index is 10.5. The highest BCUT2D eigenvalue weighted by Gasteiger charge is 2.12. The van der Waals surface area contributed by atoms with Crippen LogP contribution >= 0.6 is 11.8 Å². The summed E-state index contributed by atoms with van der Waals surface area (Å²) in [5.74, 6) is -0.784. The quantitative estimate of drug-likeness (QED) is 0.796. The molecule has 0 saturated heterocycles. The standard InChI is InChI=1S/C10H14N2O2S/c1-6-5-11-8(3)10(12-6)15-7(2)4-9(13)14/h5,7H,4H2,1-3H3,(H,13,14). The summed E-state index contributed by atoms with van der Waals surface area (Å²) in [5.41, 5.74) is 1.70. The van der Waals surface area contributed by atoms with Gasteiger partial charge >= 0.3 is 5.97 Å². The van der Waals surface area contributed by atoms with E-state index in [4.69, 9.17) is 5.11 Å². The second kappa shape index (κ2) is 5.11. The van der Waals surface area contributed by atoms with Crippen molar-refractivity contribution in [1.82, 2.24) is 9.97 Å². The van der Waals surface area contributed by atoms with Crippen LogP contribution in [0.2, 0.25) is 0 Å². The van der Waals surface area contributed by atoms with Crippen molar-refractivity contribution in [2.75, 3.05) is 0 Å². The first kappa shape index (κ1) is 12.0. The summed E-state index contributed by atoms with van der Waals surface area (Å²) in [6, 6.07) is 0. The minimum absolute atomic E-state index is 0.0114. The molecular formula is C10H14N2O2S. The van der Waals surface area contributed by atoms with Crippen molar-refractivity contribution >= 4 is 17.7 Å². The van der Waals surface area contributed by atoms with E-state index in [0.29, 0.717) is 0 Å². The molecule has 0 aliphatic heterocycles. The molecule has 4 nitrogen and oxygen atoms in total. The van der Waals surface area contributed by atoms with Crippen molar-refractivity contribution in [2.24, 2.45) is 0 Å². The molecule has 82 valence electrons. The van der Waals surface area contributed by atoms with Gasteiger partial charge in [-0.1, -0.05) is 6.92 Å². The van der Waals surface area contributed by atoms with Crippen LogP contribution in [0.1, 0.15) is 24.7 Å². The second-order valence-corrected chi connectivity index (χ2v) is 4.86. The molecular weight excluding hydrogens is 212 g/mol. The van der Waals surface area contributed by atoms with Gasteiger partial charge in [-0.05, 0) is 13.8 Å². The van der Waals surface area contributed by atoms with E-state index >= 15 is 0 Å². The minimum Gasteiger partial charge on any atom is -0.481 e. The van der Waals surface area contributed by atoms with Gasteiger partial charge in [0.05, 0.1) is 17.8 Å². The number of carboxylic acids is 1. The maximum Gasteiger partial charge on any atom is 0.304 e. The molecule has 5 heteroatoms. The minimum atomic E-state index is -0.784. The summed E-state index contributed by atoms with van der Waals surface area (Å²) in [7, 11) is 0. The van der Waals surface area contributed by atoms with E-state index in [-0.39, 0.29) is 11.7 Å². The van der Waals surface area contributed by atoms with E-state index in [1.807, 2.05) is 20.8 Å². The first-order valence-corrected chi connectivity index (χ1v) is 5.55. The van der Waals surface area contributed by atoms with E-state index in [2.05, 4.69) is 9.97 Å². The fourth-order valence-electron chi connectivity index (χ4n) is 1.11. The van der Waals surface area contributed by atoms with Gasteiger partial charge in [-0.3, -0.25) is 9.78 Å². The number of carbonyl (C=O) groups is 1. The zero-order valence-electron chi connectivity index (χ0n) is 9.02. The fraction of sp³-hybridized carbons (Fsp3) is 0.500. The first-order valence-electron chi connectivity index (χ1n) is 4.67. The molecule has 0 radical (unpaired) electrons. The van der Waals surface area contributed by atoms with Gasteiger partial charge in [0.15, 0.2) is 0 Å². The van der Waals surface area contributed by atoms with Gasteiger partial charge in [-0.25, -0.2) is 4.98 Å². The van der Waals surface area contributed by atoms with Crippen LogP contribution < -0.4 is 0 Å². The highest BCUT2D eigenvalue weighted by atomic mass is 32.2. The Kier molecular flexibility index (Phi) is 4.08. The lowest BCUT2D eigenvalue weighted by atomic mass is 10.3. The molecule has 1 rings (SSSR count). The number of nitrogens with zero attached hydrogens (tertiary/aromatic N) is 2. The second-order valence-electron chi connectivity index (χ2n) is 3.43. The van der Waals surface area contributed by atoms with Crippen LogP contribution in [0, 0.1) is 13.8 Å². The third kappa shape index (κ3) is 3.87. The molecule has 0 fully saturated rings. The number of hydrogen-bond donors (Lipinski definition) is 1. The Hall–Kier alpha value is -1.10. The highest BCUT2D eigenvalue weighted by Crippen LogP contribution is 2.25. The highest BCUT2D eigenvalue weighted by molar-refractivity contribution is 7.99. The topological polar surface area (TPSA) is 63.1 Å². The summed E-state index contributed by atoms with van der Waals surface area (Å²) in [6.07, 6.45) is 1.85. The van der Waals surface area contributed by atoms with Gasteiger partial charge in [0, 0.05) is 11.4 Å². The summed E-state index contributed by atoms with van der Waals surface area (Å²) in [6.45, 7) is 5.63. The predicted molar refractivity (Wildman–Crippen MR) is 59.1 cm³/mol. The zero-order valence-corrected chi connectivity index (χ0v) is 9.84. The lowest BCUT2D eigenvalue weighted by molar-refractivity contribution is -0.136. The number of thioether (sulfide) groups is 1. The average molecular weight is 226 g/mol. The molecule has 0 aliphatic rings. The molecule has 1 aromatic heterocycles. The monoisotopic (exact) mass is 226 g/mol. The first-order chi connectivity index (χ1) is 6.99. The SMILES string of the molecule is Cc1cnc(C)c(SC(C)CC(=O)O)n1. The summed E-state index contributed by atoms with van der Waals surface area (Å²) < 4.78 is 0. The summed E-state index contributed by atoms with van der Waals surface area (Å²) >= 11 is 1.46. The van der Waals surface area contributed by atoms with Crippen LogP contribution in [0.4, 0.5) is 0 Å². The van der Waals surface area contributed by atoms with E-state index < -0.39 is 5.97 Å². The maximum absolute atomic E-state index is 10.5. The average Bonchev–Trinajstić information content (AvgIpc) is 2.10. The zero-order chi connectivity index (χ0) is 11.4. The van der Waals surface area contributed by atoms with Crippen molar-refractivity contribution in [2.45, 2.75) is 37.5 Å². The molecule has 1 aromatic rings. The molecule has 1 heterocycles. The molecule has 1 N–H and O–H groups in total. The molecule has 1 atom stereocenters. The molecule has 0 aliphatic carbocycles. The van der Waals surface area contributed by atoms with E-state index in [1.165, 1.54) is 11.8 Å². The Labute approximate surface area is 93.1 Å². The van der Waals surface area contributed by atoms with Crippen LogP contribution in [0.3, 0.4) is 0 Å². The Morgan fingerprint density at radius 3 is 2.87 bits per heavy atom. The van der Waals surface area contributed by atoms with Crippen molar-refractivity contribution < 1.29 is 9.90 Å². The summed E-state index contributed by atoms with van der Waals surface area (Å²) in [4.78, 5) is 19.0. The van der Waals surface area contributed by atoms with Gasteiger partial charge in [-0.2, -0.15) is 0 Å². The molecule has 0 saturated carbocycles. The van der Waals surface area contributed by atoms with Gasteiger partial charge in [0.2, 0.25) is 0 Å². The molecule has 0 bridgehead atoms. The molecule has 15 heavy (non-hydrogen) atoms. The third-order valence-corrected chi connectivity index (χ3v) is 2.99. The van der Waals surface area contributed by atoms with Gasteiger partial charge in [0.1, 0.15) is 5.03 Å². The van der Waals surface area contributed by atoms with Crippen LogP contribution in [-0.4, -0.2) is 26.3 Å². The smallest absolute Gasteiger partial charge is 0.304 e. The normalized spacial score (nSPS) is 12.5. The van der Waals surface area contributed by atoms with Crippen LogP contribution in [0.25, 0.3) is 0 Å². The number of aliphatic carboxylic acids is 1. The van der Waals surface area contributed by atoms with Crippen LogP contribution in [0.15, 0.2) is 11.2 Å². The van der Waals surface area contributed by atoms with Gasteiger partial charge in [0.25, 0.3) is 0 Å². The Morgan fingerprint density at radius 1 is 1.60 bits per heavy atom. The molecule has 0 spiro atoms. The lowest BCUT2D eigenvalue weighted by Gasteiger charge is -2.09. The number of carboxylic acid groups (broad SMARTS) is 1. The van der Waals surface area contributed by atoms with Crippen LogP contribution in [-0.2, 0) is 4.79 Å². The molecule has 0 aromatic carbocycles.